The molecule has 1 aliphatic heterocycles. The Morgan fingerprint density at radius 2 is 1.90 bits per heavy atom. The van der Waals surface area contributed by atoms with Crippen molar-refractivity contribution in [2.75, 3.05) is 5.75 Å². The minimum absolute atomic E-state index is 0.0230. The topological polar surface area (TPSA) is 62.6 Å². The number of amides is 2. The van der Waals surface area contributed by atoms with Crippen LogP contribution in [0.2, 0.25) is 0 Å². The van der Waals surface area contributed by atoms with Gasteiger partial charge in [0.2, 0.25) is 5.91 Å². The van der Waals surface area contributed by atoms with E-state index in [-0.39, 0.29) is 23.2 Å². The van der Waals surface area contributed by atoms with Crippen molar-refractivity contribution in [2.45, 2.75) is 31.3 Å². The van der Waals surface area contributed by atoms with Gasteiger partial charge in [-0.2, -0.15) is 0 Å². The lowest BCUT2D eigenvalue weighted by atomic mass is 10.0. The molecule has 2 amide bonds. The summed E-state index contributed by atoms with van der Waals surface area (Å²) in [5.41, 5.74) is 2.71. The third-order valence-corrected chi connectivity index (χ3v) is 6.50. The van der Waals surface area contributed by atoms with Crippen molar-refractivity contribution in [3.8, 4) is 0 Å². The molecule has 1 aliphatic rings. The smallest absolute Gasteiger partial charge is 0.251 e. The number of benzene rings is 2. The van der Waals surface area contributed by atoms with Gasteiger partial charge in [0.15, 0.2) is 0 Å². The molecular weight excluding hydrogens is 396 g/mol. The summed E-state index contributed by atoms with van der Waals surface area (Å²) in [5.74, 6) is 1.21. The SMILES string of the molecule is CC[C@@H](NC(=O)c1ccc([C@H]2SCC(=O)N2Cc2ccco2)cc1)c1ccccc1. The van der Waals surface area contributed by atoms with Gasteiger partial charge in [0.1, 0.15) is 11.1 Å². The summed E-state index contributed by atoms with van der Waals surface area (Å²) in [6.45, 7) is 2.50. The predicted octanol–water partition coefficient (Wildman–Crippen LogP) is 4.93. The molecule has 0 spiro atoms. The van der Waals surface area contributed by atoms with Crippen LogP contribution >= 0.6 is 11.8 Å². The van der Waals surface area contributed by atoms with Crippen LogP contribution in [0, 0.1) is 0 Å². The number of carbonyl (C=O) groups excluding carboxylic acids is 2. The second-order valence-corrected chi connectivity index (χ2v) is 8.30. The Hall–Kier alpha value is -2.99. The average molecular weight is 421 g/mol. The lowest BCUT2D eigenvalue weighted by Crippen LogP contribution is -2.28. The third kappa shape index (κ3) is 4.44. The normalized spacial score (nSPS) is 17.2. The summed E-state index contributed by atoms with van der Waals surface area (Å²) in [5, 5.41) is 3.04. The van der Waals surface area contributed by atoms with Gasteiger partial charge in [0.25, 0.3) is 5.91 Å². The molecule has 1 saturated heterocycles. The quantitative estimate of drug-likeness (QED) is 0.588. The highest BCUT2D eigenvalue weighted by atomic mass is 32.2. The van der Waals surface area contributed by atoms with Gasteiger partial charge in [0.05, 0.1) is 24.6 Å². The van der Waals surface area contributed by atoms with Gasteiger partial charge in [-0.15, -0.1) is 11.8 Å². The summed E-state index contributed by atoms with van der Waals surface area (Å²) >= 11 is 1.59. The van der Waals surface area contributed by atoms with Crippen LogP contribution in [0.3, 0.4) is 0 Å². The largest absolute Gasteiger partial charge is 0.467 e. The summed E-state index contributed by atoms with van der Waals surface area (Å²) < 4.78 is 5.41. The highest BCUT2D eigenvalue weighted by Gasteiger charge is 2.33. The van der Waals surface area contributed by atoms with Crippen molar-refractivity contribution in [3.05, 3.63) is 95.4 Å². The predicted molar refractivity (Wildman–Crippen MR) is 118 cm³/mol. The number of nitrogens with zero attached hydrogens (tertiary/aromatic N) is 1. The zero-order valence-electron chi connectivity index (χ0n) is 16.8. The fourth-order valence-electron chi connectivity index (χ4n) is 3.62. The number of hydrogen-bond donors (Lipinski definition) is 1. The number of furan rings is 1. The van der Waals surface area contributed by atoms with Gasteiger partial charge in [-0.1, -0.05) is 49.4 Å². The molecule has 1 N–H and O–H groups in total. The van der Waals surface area contributed by atoms with Crippen LogP contribution < -0.4 is 5.32 Å². The molecule has 3 aromatic rings. The number of carbonyl (C=O) groups is 2. The first-order valence-corrected chi connectivity index (χ1v) is 11.1. The van der Waals surface area contributed by atoms with E-state index >= 15 is 0 Å². The van der Waals surface area contributed by atoms with Crippen LogP contribution in [0.4, 0.5) is 0 Å². The molecule has 30 heavy (non-hydrogen) atoms. The molecule has 1 aromatic heterocycles. The van der Waals surface area contributed by atoms with Gasteiger partial charge in [-0.3, -0.25) is 9.59 Å². The molecule has 1 fully saturated rings. The van der Waals surface area contributed by atoms with Crippen LogP contribution in [0.5, 0.6) is 0 Å². The van der Waals surface area contributed by atoms with Gasteiger partial charge in [-0.25, -0.2) is 0 Å². The summed E-state index contributed by atoms with van der Waals surface area (Å²) in [6.07, 6.45) is 2.43. The average Bonchev–Trinajstić information content (AvgIpc) is 3.43. The number of hydrogen-bond acceptors (Lipinski definition) is 4. The lowest BCUT2D eigenvalue weighted by molar-refractivity contribution is -0.128. The summed E-state index contributed by atoms with van der Waals surface area (Å²) in [7, 11) is 0. The van der Waals surface area contributed by atoms with Crippen molar-refractivity contribution >= 4 is 23.6 Å². The van der Waals surface area contributed by atoms with E-state index in [1.807, 2.05) is 71.6 Å². The van der Waals surface area contributed by atoms with Crippen LogP contribution in [-0.2, 0) is 11.3 Å². The van der Waals surface area contributed by atoms with Crippen LogP contribution in [0.1, 0.15) is 52.0 Å². The maximum atomic E-state index is 12.8. The molecule has 0 unspecified atom stereocenters. The summed E-state index contributed by atoms with van der Waals surface area (Å²) in [6, 6.07) is 21.2. The molecular formula is C24H24N2O3S. The van der Waals surface area contributed by atoms with Crippen molar-refractivity contribution in [3.63, 3.8) is 0 Å². The maximum absolute atomic E-state index is 12.8. The molecule has 154 valence electrons. The molecule has 2 atom stereocenters. The Morgan fingerprint density at radius 3 is 2.57 bits per heavy atom. The minimum Gasteiger partial charge on any atom is -0.467 e. The molecule has 5 nitrogen and oxygen atoms in total. The number of thioether (sulfide) groups is 1. The van der Waals surface area contributed by atoms with Crippen molar-refractivity contribution in [1.29, 1.82) is 0 Å². The Labute approximate surface area is 180 Å². The second kappa shape index (κ2) is 9.22. The molecule has 0 radical (unpaired) electrons. The maximum Gasteiger partial charge on any atom is 0.251 e. The van der Waals surface area contributed by atoms with E-state index in [0.29, 0.717) is 17.9 Å². The van der Waals surface area contributed by atoms with Gasteiger partial charge >= 0.3 is 0 Å². The van der Waals surface area contributed by atoms with Gasteiger partial charge in [0, 0.05) is 5.56 Å². The first-order chi connectivity index (χ1) is 14.7. The van der Waals surface area contributed by atoms with Gasteiger partial charge < -0.3 is 14.6 Å². The third-order valence-electron chi connectivity index (χ3n) is 5.25. The van der Waals surface area contributed by atoms with Crippen LogP contribution in [0.25, 0.3) is 0 Å². The lowest BCUT2D eigenvalue weighted by Gasteiger charge is -2.23. The van der Waals surface area contributed by atoms with Crippen LogP contribution in [-0.4, -0.2) is 22.5 Å². The molecule has 6 heteroatoms. The Morgan fingerprint density at radius 1 is 1.13 bits per heavy atom. The van der Waals surface area contributed by atoms with Crippen molar-refractivity contribution in [2.24, 2.45) is 0 Å². The molecule has 0 aliphatic carbocycles. The zero-order valence-corrected chi connectivity index (χ0v) is 17.6. The Bertz CT molecular complexity index is 987. The monoisotopic (exact) mass is 420 g/mol. The molecule has 0 bridgehead atoms. The minimum atomic E-state index is -0.0974. The first kappa shape index (κ1) is 20.3. The Kier molecular flexibility index (Phi) is 6.23. The van der Waals surface area contributed by atoms with E-state index in [1.54, 1.807) is 18.0 Å². The zero-order chi connectivity index (χ0) is 20.9. The van der Waals surface area contributed by atoms with Gasteiger partial charge in [-0.05, 0) is 41.8 Å². The number of nitrogens with one attached hydrogen (secondary N) is 1. The first-order valence-electron chi connectivity index (χ1n) is 10.0. The second-order valence-electron chi connectivity index (χ2n) is 7.23. The van der Waals surface area contributed by atoms with Crippen molar-refractivity contribution < 1.29 is 14.0 Å². The standard InChI is InChI=1S/C24H24N2O3S/c1-2-21(17-7-4-3-5-8-17)25-23(28)18-10-12-19(13-11-18)24-26(22(27)16-30-24)15-20-9-6-14-29-20/h3-14,21,24H,2,15-16H2,1H3,(H,25,28)/t21-,24-/m1/s1. The van der Waals surface area contributed by atoms with Crippen LogP contribution in [0.15, 0.2) is 77.4 Å². The van der Waals surface area contributed by atoms with Crippen molar-refractivity contribution in [1.82, 2.24) is 10.2 Å². The molecule has 4 rings (SSSR count). The highest BCUT2D eigenvalue weighted by molar-refractivity contribution is 8.00. The fourth-order valence-corrected chi connectivity index (χ4v) is 4.81. The van der Waals surface area contributed by atoms with E-state index in [9.17, 15) is 9.59 Å². The number of rotatable bonds is 7. The molecule has 2 aromatic carbocycles. The molecule has 0 saturated carbocycles. The van der Waals surface area contributed by atoms with E-state index in [0.717, 1.165) is 23.3 Å². The highest BCUT2D eigenvalue weighted by Crippen LogP contribution is 2.39. The van der Waals surface area contributed by atoms with E-state index < -0.39 is 0 Å². The molecule has 2 heterocycles. The van der Waals surface area contributed by atoms with E-state index in [1.165, 1.54) is 0 Å². The Balaban J connectivity index is 1.45. The fraction of sp³-hybridized carbons (Fsp3) is 0.250. The van der Waals surface area contributed by atoms with E-state index in [4.69, 9.17) is 4.42 Å². The summed E-state index contributed by atoms with van der Waals surface area (Å²) in [4.78, 5) is 26.9. The van der Waals surface area contributed by atoms with E-state index in [2.05, 4.69) is 12.2 Å².